The molecule has 26 heavy (non-hydrogen) atoms. The Morgan fingerprint density at radius 2 is 1.77 bits per heavy atom. The largest absolute Gasteiger partial charge is 0.325 e. The quantitative estimate of drug-likeness (QED) is 0.747. The van der Waals surface area contributed by atoms with Crippen LogP contribution in [0, 0.1) is 5.92 Å². The van der Waals surface area contributed by atoms with Crippen LogP contribution in [0.4, 0.5) is 11.4 Å². The molecule has 0 spiro atoms. The zero-order valence-electron chi connectivity index (χ0n) is 14.1. The Morgan fingerprint density at radius 3 is 2.54 bits per heavy atom. The first-order valence-corrected chi connectivity index (χ1v) is 9.39. The minimum Gasteiger partial charge on any atom is -0.325 e. The predicted octanol–water partition coefficient (Wildman–Crippen LogP) is 4.41. The summed E-state index contributed by atoms with van der Waals surface area (Å²) in [5.41, 5.74) is 2.62. The van der Waals surface area contributed by atoms with Gasteiger partial charge in [0, 0.05) is 34.8 Å². The lowest BCUT2D eigenvalue weighted by Crippen LogP contribution is -2.28. The lowest BCUT2D eigenvalue weighted by molar-refractivity contribution is -0.122. The van der Waals surface area contributed by atoms with Crippen molar-refractivity contribution in [3.8, 4) is 10.4 Å². The molecule has 130 valence electrons. The lowest BCUT2D eigenvalue weighted by atomic mass is 10.1. The molecule has 1 atom stereocenters. The van der Waals surface area contributed by atoms with E-state index in [9.17, 15) is 9.59 Å². The fourth-order valence-electron chi connectivity index (χ4n) is 3.21. The third-order valence-electron chi connectivity index (χ3n) is 4.54. The van der Waals surface area contributed by atoms with Crippen molar-refractivity contribution in [3.63, 3.8) is 0 Å². The van der Waals surface area contributed by atoms with E-state index in [0.717, 1.165) is 21.8 Å². The number of rotatable bonds is 4. The van der Waals surface area contributed by atoms with E-state index >= 15 is 0 Å². The van der Waals surface area contributed by atoms with Gasteiger partial charge >= 0.3 is 0 Å². The molecule has 1 aliphatic heterocycles. The molecule has 1 aromatic heterocycles. The summed E-state index contributed by atoms with van der Waals surface area (Å²) in [5.74, 6) is -0.470. The summed E-state index contributed by atoms with van der Waals surface area (Å²) in [7, 11) is 0. The van der Waals surface area contributed by atoms with Gasteiger partial charge in [-0.15, -0.1) is 11.3 Å². The maximum atomic E-state index is 12.8. The second-order valence-electron chi connectivity index (χ2n) is 6.25. The van der Waals surface area contributed by atoms with Crippen molar-refractivity contribution in [1.29, 1.82) is 0 Å². The van der Waals surface area contributed by atoms with E-state index in [1.807, 2.05) is 72.1 Å². The minimum absolute atomic E-state index is 0.0112. The van der Waals surface area contributed by atoms with Crippen molar-refractivity contribution in [1.82, 2.24) is 0 Å². The molecule has 1 aliphatic rings. The Balaban J connectivity index is 1.51. The van der Waals surface area contributed by atoms with Crippen LogP contribution in [0.3, 0.4) is 0 Å². The normalized spacial score (nSPS) is 16.7. The summed E-state index contributed by atoms with van der Waals surface area (Å²) < 4.78 is 0. The third-order valence-corrected chi connectivity index (χ3v) is 5.44. The van der Waals surface area contributed by atoms with Gasteiger partial charge in [0.15, 0.2) is 0 Å². The number of benzene rings is 2. The Kier molecular flexibility index (Phi) is 4.54. The molecular weight excluding hydrogens is 344 g/mol. The SMILES string of the molecule is O=C(Nc1ccccc1-c1cccs1)C1CC(=O)N(c2ccccc2)C1. The summed E-state index contributed by atoms with van der Waals surface area (Å²) in [6.45, 7) is 0.413. The molecule has 1 N–H and O–H groups in total. The number of nitrogens with one attached hydrogen (secondary N) is 1. The first kappa shape index (κ1) is 16.5. The fourth-order valence-corrected chi connectivity index (χ4v) is 3.98. The molecule has 4 nitrogen and oxygen atoms in total. The highest BCUT2D eigenvalue weighted by atomic mass is 32.1. The van der Waals surface area contributed by atoms with Crippen LogP contribution in [0.15, 0.2) is 72.1 Å². The van der Waals surface area contributed by atoms with Crippen LogP contribution in [0.5, 0.6) is 0 Å². The van der Waals surface area contributed by atoms with Crippen molar-refractivity contribution in [2.24, 2.45) is 5.92 Å². The predicted molar refractivity (Wildman–Crippen MR) is 105 cm³/mol. The highest BCUT2D eigenvalue weighted by Crippen LogP contribution is 2.32. The first-order valence-electron chi connectivity index (χ1n) is 8.51. The van der Waals surface area contributed by atoms with Crippen LogP contribution < -0.4 is 10.2 Å². The summed E-state index contributed by atoms with van der Waals surface area (Å²) in [5, 5.41) is 5.04. The van der Waals surface area contributed by atoms with E-state index in [4.69, 9.17) is 0 Å². The molecular formula is C21H18N2O2S. The second kappa shape index (κ2) is 7.14. The third kappa shape index (κ3) is 3.26. The number of hydrogen-bond acceptors (Lipinski definition) is 3. The molecule has 1 fully saturated rings. The molecule has 0 radical (unpaired) electrons. The van der Waals surface area contributed by atoms with E-state index < -0.39 is 0 Å². The van der Waals surface area contributed by atoms with Crippen molar-refractivity contribution in [3.05, 3.63) is 72.1 Å². The van der Waals surface area contributed by atoms with Crippen LogP contribution in [0.2, 0.25) is 0 Å². The monoisotopic (exact) mass is 362 g/mol. The smallest absolute Gasteiger partial charge is 0.229 e. The molecule has 4 rings (SSSR count). The molecule has 0 bridgehead atoms. The Morgan fingerprint density at radius 1 is 1.00 bits per heavy atom. The number of carbonyl (C=O) groups is 2. The number of carbonyl (C=O) groups excluding carboxylic acids is 2. The summed E-state index contributed by atoms with van der Waals surface area (Å²) in [6.07, 6.45) is 0.238. The van der Waals surface area contributed by atoms with Gasteiger partial charge in [-0.1, -0.05) is 42.5 Å². The zero-order chi connectivity index (χ0) is 17.9. The summed E-state index contributed by atoms with van der Waals surface area (Å²) in [6, 6.07) is 21.3. The number of hydrogen-bond donors (Lipinski definition) is 1. The number of para-hydroxylation sites is 2. The Bertz CT molecular complexity index is 922. The van der Waals surface area contributed by atoms with Gasteiger partial charge in [0.25, 0.3) is 0 Å². The number of anilines is 2. The van der Waals surface area contributed by atoms with Gasteiger partial charge in [0.2, 0.25) is 11.8 Å². The molecule has 3 aromatic rings. The molecule has 2 aromatic carbocycles. The van der Waals surface area contributed by atoms with E-state index in [1.165, 1.54) is 0 Å². The topological polar surface area (TPSA) is 49.4 Å². The number of amides is 2. The van der Waals surface area contributed by atoms with E-state index in [0.29, 0.717) is 6.54 Å². The number of nitrogens with zero attached hydrogens (tertiary/aromatic N) is 1. The van der Waals surface area contributed by atoms with Crippen LogP contribution in [0.25, 0.3) is 10.4 Å². The fraction of sp³-hybridized carbons (Fsp3) is 0.143. The Labute approximate surface area is 156 Å². The summed E-state index contributed by atoms with van der Waals surface area (Å²) in [4.78, 5) is 27.9. The molecule has 2 amide bonds. The Hall–Kier alpha value is -2.92. The van der Waals surface area contributed by atoms with Gasteiger partial charge in [0.05, 0.1) is 5.92 Å². The molecule has 5 heteroatoms. The molecule has 1 unspecified atom stereocenters. The van der Waals surface area contributed by atoms with Gasteiger partial charge in [-0.3, -0.25) is 9.59 Å². The minimum atomic E-state index is -0.348. The van der Waals surface area contributed by atoms with Gasteiger partial charge in [-0.2, -0.15) is 0 Å². The molecule has 0 saturated carbocycles. The van der Waals surface area contributed by atoms with Crippen molar-refractivity contribution < 1.29 is 9.59 Å². The van der Waals surface area contributed by atoms with Crippen LogP contribution >= 0.6 is 11.3 Å². The van der Waals surface area contributed by atoms with Crippen LogP contribution in [-0.4, -0.2) is 18.4 Å². The maximum absolute atomic E-state index is 12.8. The highest BCUT2D eigenvalue weighted by molar-refractivity contribution is 7.13. The maximum Gasteiger partial charge on any atom is 0.229 e. The van der Waals surface area contributed by atoms with Crippen molar-refractivity contribution in [2.45, 2.75) is 6.42 Å². The number of thiophene rings is 1. The van der Waals surface area contributed by atoms with Gasteiger partial charge < -0.3 is 10.2 Å². The van der Waals surface area contributed by atoms with Gasteiger partial charge in [-0.05, 0) is 29.6 Å². The molecule has 0 aliphatic carbocycles. The molecule has 1 saturated heterocycles. The van der Waals surface area contributed by atoms with E-state index in [2.05, 4.69) is 5.32 Å². The van der Waals surface area contributed by atoms with Crippen LogP contribution in [0.1, 0.15) is 6.42 Å². The summed E-state index contributed by atoms with van der Waals surface area (Å²) >= 11 is 1.63. The van der Waals surface area contributed by atoms with Crippen molar-refractivity contribution in [2.75, 3.05) is 16.8 Å². The lowest BCUT2D eigenvalue weighted by Gasteiger charge is -2.17. The zero-order valence-corrected chi connectivity index (χ0v) is 14.9. The average molecular weight is 362 g/mol. The van der Waals surface area contributed by atoms with Crippen LogP contribution in [-0.2, 0) is 9.59 Å². The van der Waals surface area contributed by atoms with Gasteiger partial charge in [-0.25, -0.2) is 0 Å². The standard InChI is InChI=1S/C21H18N2O2S/c24-20-13-15(14-23(20)16-7-2-1-3-8-16)21(25)22-18-10-5-4-9-17(18)19-11-6-12-26-19/h1-12,15H,13-14H2,(H,22,25). The highest BCUT2D eigenvalue weighted by Gasteiger charge is 2.35. The molecule has 2 heterocycles. The average Bonchev–Trinajstić information content (AvgIpc) is 3.33. The second-order valence-corrected chi connectivity index (χ2v) is 7.20. The van der Waals surface area contributed by atoms with E-state index in [1.54, 1.807) is 16.2 Å². The van der Waals surface area contributed by atoms with Gasteiger partial charge in [0.1, 0.15) is 0 Å². The first-order chi connectivity index (χ1) is 12.7. The van der Waals surface area contributed by atoms with E-state index in [-0.39, 0.29) is 24.2 Å². The van der Waals surface area contributed by atoms with Crippen molar-refractivity contribution >= 4 is 34.5 Å².